The van der Waals surface area contributed by atoms with Crippen LogP contribution in [0.2, 0.25) is 10.0 Å². The van der Waals surface area contributed by atoms with Crippen LogP contribution in [0.3, 0.4) is 0 Å². The zero-order valence-corrected chi connectivity index (χ0v) is 19.4. The first kappa shape index (κ1) is 22.8. The van der Waals surface area contributed by atoms with E-state index in [1.807, 2.05) is 0 Å². The van der Waals surface area contributed by atoms with Gasteiger partial charge in [-0.05, 0) is 54.1 Å². The fraction of sp³-hybridized carbons (Fsp3) is 0.150. The molecule has 10 heteroatoms. The zero-order valence-electron chi connectivity index (χ0n) is 15.5. The Kier molecular flexibility index (Phi) is 7.60. The number of halogens is 3. The summed E-state index contributed by atoms with van der Waals surface area (Å²) in [6.45, 7) is -0.333. The van der Waals surface area contributed by atoms with Gasteiger partial charge in [0.25, 0.3) is 0 Å². The third kappa shape index (κ3) is 5.86. The minimum atomic E-state index is -3.97. The van der Waals surface area contributed by atoms with Gasteiger partial charge in [0.1, 0.15) is 5.76 Å². The Morgan fingerprint density at radius 1 is 1.10 bits per heavy atom. The van der Waals surface area contributed by atoms with Gasteiger partial charge in [0.2, 0.25) is 15.9 Å². The van der Waals surface area contributed by atoms with Crippen LogP contribution in [0.4, 0.5) is 0 Å². The first-order valence-corrected chi connectivity index (χ1v) is 11.7. The molecule has 158 valence electrons. The predicted octanol–water partition coefficient (Wildman–Crippen LogP) is 4.86. The van der Waals surface area contributed by atoms with Crippen LogP contribution in [0, 0.1) is 0 Å². The van der Waals surface area contributed by atoms with Gasteiger partial charge < -0.3 is 9.73 Å². The lowest BCUT2D eigenvalue weighted by atomic mass is 10.2. The molecule has 1 amide bonds. The molecule has 6 nitrogen and oxygen atoms in total. The third-order valence-electron chi connectivity index (χ3n) is 4.17. The summed E-state index contributed by atoms with van der Waals surface area (Å²) in [5, 5.41) is 3.40. The maximum absolute atomic E-state index is 13.2. The molecule has 0 aliphatic rings. The second-order valence-electron chi connectivity index (χ2n) is 6.32. The van der Waals surface area contributed by atoms with E-state index in [0.29, 0.717) is 21.4 Å². The van der Waals surface area contributed by atoms with Crippen molar-refractivity contribution in [1.82, 2.24) is 9.62 Å². The van der Waals surface area contributed by atoms with E-state index in [2.05, 4.69) is 21.2 Å². The molecule has 3 rings (SSSR count). The van der Waals surface area contributed by atoms with Crippen LogP contribution in [0.1, 0.15) is 11.3 Å². The van der Waals surface area contributed by atoms with Crippen LogP contribution in [-0.2, 0) is 27.9 Å². The average molecular weight is 532 g/mol. The number of sulfonamides is 1. The topological polar surface area (TPSA) is 79.6 Å². The Bertz CT molecular complexity index is 1120. The summed E-state index contributed by atoms with van der Waals surface area (Å²) in [4.78, 5) is 12.6. The van der Waals surface area contributed by atoms with Gasteiger partial charge in [-0.1, -0.05) is 45.2 Å². The standard InChI is InChI=1S/C20H17BrCl2N2O4S/c21-15-4-7-18(8-5-15)30(27,28)25(12-14-3-6-16(22)10-19(14)23)13-20(26)24-11-17-2-1-9-29-17/h1-10H,11-13H2,(H,24,26). The van der Waals surface area contributed by atoms with Crippen molar-refractivity contribution in [3.8, 4) is 0 Å². The minimum Gasteiger partial charge on any atom is -0.467 e. The fourth-order valence-electron chi connectivity index (χ4n) is 2.64. The highest BCUT2D eigenvalue weighted by Crippen LogP contribution is 2.25. The van der Waals surface area contributed by atoms with Gasteiger partial charge in [0, 0.05) is 21.1 Å². The summed E-state index contributed by atoms with van der Waals surface area (Å²) in [7, 11) is -3.97. The van der Waals surface area contributed by atoms with Crippen molar-refractivity contribution >= 4 is 55.1 Å². The molecule has 0 bridgehead atoms. The number of benzene rings is 2. The summed E-state index contributed by atoms with van der Waals surface area (Å²) < 4.78 is 33.5. The second-order valence-corrected chi connectivity index (χ2v) is 10.0. The number of hydrogen-bond acceptors (Lipinski definition) is 4. The average Bonchev–Trinajstić information content (AvgIpc) is 3.22. The zero-order chi connectivity index (χ0) is 21.7. The molecule has 1 N–H and O–H groups in total. The van der Waals surface area contributed by atoms with Gasteiger partial charge in [0.15, 0.2) is 0 Å². The number of nitrogens with one attached hydrogen (secondary N) is 1. The van der Waals surface area contributed by atoms with Crippen molar-refractivity contribution in [2.75, 3.05) is 6.54 Å². The lowest BCUT2D eigenvalue weighted by molar-refractivity contribution is -0.121. The molecule has 2 aromatic carbocycles. The van der Waals surface area contributed by atoms with Crippen molar-refractivity contribution in [3.05, 3.63) is 86.7 Å². The van der Waals surface area contributed by atoms with Crippen molar-refractivity contribution in [3.63, 3.8) is 0 Å². The molecule has 0 spiro atoms. The van der Waals surface area contributed by atoms with Gasteiger partial charge >= 0.3 is 0 Å². The summed E-state index contributed by atoms with van der Waals surface area (Å²) in [6, 6.07) is 14.4. The summed E-state index contributed by atoms with van der Waals surface area (Å²) >= 11 is 15.5. The highest BCUT2D eigenvalue weighted by molar-refractivity contribution is 9.10. The quantitative estimate of drug-likeness (QED) is 0.450. The Morgan fingerprint density at radius 2 is 1.83 bits per heavy atom. The number of amides is 1. The Balaban J connectivity index is 1.85. The van der Waals surface area contributed by atoms with E-state index in [1.54, 1.807) is 36.4 Å². The van der Waals surface area contributed by atoms with E-state index in [-0.39, 0.29) is 18.0 Å². The maximum atomic E-state index is 13.2. The normalized spacial score (nSPS) is 11.6. The number of hydrogen-bond donors (Lipinski definition) is 1. The summed E-state index contributed by atoms with van der Waals surface area (Å²) in [5.41, 5.74) is 0.528. The Hall–Kier alpha value is -1.84. The molecular weight excluding hydrogens is 515 g/mol. The van der Waals surface area contributed by atoms with Crippen molar-refractivity contribution in [2.24, 2.45) is 0 Å². The molecular formula is C20H17BrCl2N2O4S. The lowest BCUT2D eigenvalue weighted by Crippen LogP contribution is -2.40. The second kappa shape index (κ2) is 9.98. The maximum Gasteiger partial charge on any atom is 0.243 e. The first-order valence-electron chi connectivity index (χ1n) is 8.74. The third-order valence-corrected chi connectivity index (χ3v) is 7.09. The molecule has 0 atom stereocenters. The van der Waals surface area contributed by atoms with Crippen LogP contribution in [0.5, 0.6) is 0 Å². The largest absolute Gasteiger partial charge is 0.467 e. The van der Waals surface area contributed by atoms with Crippen LogP contribution >= 0.6 is 39.1 Å². The van der Waals surface area contributed by atoms with Gasteiger partial charge in [-0.3, -0.25) is 4.79 Å². The Morgan fingerprint density at radius 3 is 2.47 bits per heavy atom. The number of rotatable bonds is 8. The van der Waals surface area contributed by atoms with E-state index in [0.717, 1.165) is 8.78 Å². The van der Waals surface area contributed by atoms with E-state index in [9.17, 15) is 13.2 Å². The number of carbonyl (C=O) groups excluding carboxylic acids is 1. The molecule has 0 unspecified atom stereocenters. The van der Waals surface area contributed by atoms with E-state index >= 15 is 0 Å². The molecule has 0 saturated heterocycles. The first-order chi connectivity index (χ1) is 14.3. The van der Waals surface area contributed by atoms with Crippen LogP contribution < -0.4 is 5.32 Å². The monoisotopic (exact) mass is 530 g/mol. The number of nitrogens with zero attached hydrogens (tertiary/aromatic N) is 1. The fourth-order valence-corrected chi connectivity index (χ4v) is 4.74. The Labute approximate surface area is 193 Å². The molecule has 0 aliphatic heterocycles. The summed E-state index contributed by atoms with van der Waals surface area (Å²) in [6.07, 6.45) is 1.49. The molecule has 1 aromatic heterocycles. The SMILES string of the molecule is O=C(CN(Cc1ccc(Cl)cc1Cl)S(=O)(=O)c1ccc(Br)cc1)NCc1ccco1. The van der Waals surface area contributed by atoms with Gasteiger partial charge in [-0.2, -0.15) is 4.31 Å². The number of furan rings is 1. The minimum absolute atomic E-state index is 0.0645. The predicted molar refractivity (Wildman–Crippen MR) is 119 cm³/mol. The van der Waals surface area contributed by atoms with Crippen molar-refractivity contribution in [2.45, 2.75) is 18.0 Å². The summed E-state index contributed by atoms with van der Waals surface area (Å²) in [5.74, 6) is 0.0867. The highest BCUT2D eigenvalue weighted by atomic mass is 79.9. The molecule has 30 heavy (non-hydrogen) atoms. The molecule has 0 fully saturated rings. The van der Waals surface area contributed by atoms with Crippen molar-refractivity contribution < 1.29 is 17.6 Å². The van der Waals surface area contributed by atoms with Crippen LogP contribution in [0.25, 0.3) is 0 Å². The smallest absolute Gasteiger partial charge is 0.243 e. The molecule has 1 heterocycles. The molecule has 0 radical (unpaired) electrons. The van der Waals surface area contributed by atoms with Crippen molar-refractivity contribution in [1.29, 1.82) is 0 Å². The van der Waals surface area contributed by atoms with Crippen LogP contribution in [-0.4, -0.2) is 25.2 Å². The molecule has 0 aliphatic carbocycles. The molecule has 3 aromatic rings. The molecule has 0 saturated carbocycles. The van der Waals surface area contributed by atoms with Gasteiger partial charge in [-0.15, -0.1) is 0 Å². The van der Waals surface area contributed by atoms with Gasteiger partial charge in [0.05, 0.1) is 24.2 Å². The van der Waals surface area contributed by atoms with E-state index < -0.39 is 22.5 Å². The van der Waals surface area contributed by atoms with E-state index in [4.69, 9.17) is 27.6 Å². The van der Waals surface area contributed by atoms with Gasteiger partial charge in [-0.25, -0.2) is 8.42 Å². The number of carbonyl (C=O) groups is 1. The lowest BCUT2D eigenvalue weighted by Gasteiger charge is -2.22. The van der Waals surface area contributed by atoms with Crippen LogP contribution in [0.15, 0.2) is 74.6 Å². The highest BCUT2D eigenvalue weighted by Gasteiger charge is 2.27. The van der Waals surface area contributed by atoms with E-state index in [1.165, 1.54) is 24.5 Å².